The molecule has 0 saturated heterocycles. The van der Waals surface area contributed by atoms with Crippen molar-refractivity contribution in [3.05, 3.63) is 52.0 Å². The summed E-state index contributed by atoms with van der Waals surface area (Å²) in [6, 6.07) is 7.25. The number of rotatable bonds is 8. The molecule has 1 N–H and O–H groups in total. The summed E-state index contributed by atoms with van der Waals surface area (Å²) < 4.78 is 1.45. The van der Waals surface area contributed by atoms with Gasteiger partial charge in [0.2, 0.25) is 0 Å². The van der Waals surface area contributed by atoms with Crippen LogP contribution in [0.15, 0.2) is 40.7 Å². The Balaban J connectivity index is 1.78. The van der Waals surface area contributed by atoms with E-state index in [1.807, 2.05) is 12.1 Å². The molecule has 1 aliphatic rings. The molecular formula is C22H29N3O2. The Morgan fingerprint density at radius 1 is 1.19 bits per heavy atom. The van der Waals surface area contributed by atoms with Gasteiger partial charge < -0.3 is 5.32 Å². The molecule has 1 aromatic heterocycles. The van der Waals surface area contributed by atoms with E-state index in [9.17, 15) is 9.59 Å². The Morgan fingerprint density at radius 2 is 2.00 bits per heavy atom. The Morgan fingerprint density at radius 3 is 2.74 bits per heavy atom. The number of amides is 1. The van der Waals surface area contributed by atoms with Crippen LogP contribution in [0.1, 0.15) is 68.8 Å². The van der Waals surface area contributed by atoms with Crippen molar-refractivity contribution in [3.8, 4) is 0 Å². The summed E-state index contributed by atoms with van der Waals surface area (Å²) in [5.41, 5.74) is 1.66. The molecule has 5 heteroatoms. The first kappa shape index (κ1) is 19.3. The molecule has 1 amide bonds. The molecule has 1 aliphatic carbocycles. The van der Waals surface area contributed by atoms with Gasteiger partial charge >= 0.3 is 0 Å². The highest BCUT2D eigenvalue weighted by molar-refractivity contribution is 6.04. The minimum atomic E-state index is -0.202. The predicted molar refractivity (Wildman–Crippen MR) is 109 cm³/mol. The van der Waals surface area contributed by atoms with Gasteiger partial charge in [-0.05, 0) is 44.6 Å². The van der Waals surface area contributed by atoms with Gasteiger partial charge in [-0.15, -0.1) is 0 Å². The zero-order chi connectivity index (χ0) is 19.1. The van der Waals surface area contributed by atoms with Gasteiger partial charge in [0.15, 0.2) is 5.69 Å². The van der Waals surface area contributed by atoms with Crippen molar-refractivity contribution >= 4 is 16.7 Å². The van der Waals surface area contributed by atoms with Crippen LogP contribution in [0.4, 0.5) is 0 Å². The van der Waals surface area contributed by atoms with Crippen molar-refractivity contribution < 1.29 is 4.79 Å². The highest BCUT2D eigenvalue weighted by Crippen LogP contribution is 2.19. The summed E-state index contributed by atoms with van der Waals surface area (Å²) in [7, 11) is 0. The lowest BCUT2D eigenvalue weighted by Crippen LogP contribution is -2.31. The summed E-state index contributed by atoms with van der Waals surface area (Å²) in [5, 5.41) is 8.60. The number of aromatic nitrogens is 2. The van der Waals surface area contributed by atoms with Crippen molar-refractivity contribution in [1.82, 2.24) is 15.1 Å². The molecule has 27 heavy (non-hydrogen) atoms. The Bertz CT molecular complexity index is 883. The lowest BCUT2D eigenvalue weighted by atomic mass is 9.97. The van der Waals surface area contributed by atoms with E-state index in [1.54, 1.807) is 12.1 Å². The van der Waals surface area contributed by atoms with Crippen molar-refractivity contribution in [3.63, 3.8) is 0 Å². The molecule has 0 atom stereocenters. The second kappa shape index (κ2) is 9.49. The smallest absolute Gasteiger partial charge is 0.274 e. The van der Waals surface area contributed by atoms with Crippen LogP contribution in [-0.2, 0) is 6.54 Å². The number of unbranched alkanes of at least 4 members (excludes halogenated alkanes) is 2. The van der Waals surface area contributed by atoms with E-state index in [-0.39, 0.29) is 11.5 Å². The van der Waals surface area contributed by atoms with Gasteiger partial charge in [-0.3, -0.25) is 9.59 Å². The van der Waals surface area contributed by atoms with Gasteiger partial charge in [-0.1, -0.05) is 49.6 Å². The Kier molecular flexibility index (Phi) is 6.80. The maximum absolute atomic E-state index is 12.8. The first-order chi connectivity index (χ1) is 13.2. The molecule has 5 nitrogen and oxygen atoms in total. The molecule has 1 heterocycles. The number of fused-ring (bicyclic) bond motifs is 1. The van der Waals surface area contributed by atoms with Gasteiger partial charge in [0.25, 0.3) is 11.5 Å². The van der Waals surface area contributed by atoms with Crippen LogP contribution < -0.4 is 10.9 Å². The molecule has 0 fully saturated rings. The number of carbonyl (C=O) groups excluding carboxylic acids is 1. The summed E-state index contributed by atoms with van der Waals surface area (Å²) in [4.78, 5) is 25.5. The van der Waals surface area contributed by atoms with Crippen molar-refractivity contribution in [2.24, 2.45) is 0 Å². The summed E-state index contributed by atoms with van der Waals surface area (Å²) in [6.45, 7) is 3.28. The summed E-state index contributed by atoms with van der Waals surface area (Å²) >= 11 is 0. The van der Waals surface area contributed by atoms with E-state index in [2.05, 4.69) is 23.4 Å². The zero-order valence-electron chi connectivity index (χ0n) is 16.2. The van der Waals surface area contributed by atoms with Gasteiger partial charge in [-0.25, -0.2) is 4.68 Å². The van der Waals surface area contributed by atoms with Crippen LogP contribution in [0.2, 0.25) is 0 Å². The van der Waals surface area contributed by atoms with Crippen LogP contribution >= 0.6 is 0 Å². The largest absolute Gasteiger partial charge is 0.350 e. The number of aryl methyl sites for hydroxylation is 1. The van der Waals surface area contributed by atoms with Crippen molar-refractivity contribution in [1.29, 1.82) is 0 Å². The second-order valence-corrected chi connectivity index (χ2v) is 7.24. The fourth-order valence-corrected chi connectivity index (χ4v) is 3.62. The van der Waals surface area contributed by atoms with Crippen LogP contribution in [-0.4, -0.2) is 22.2 Å². The van der Waals surface area contributed by atoms with Crippen LogP contribution in [0, 0.1) is 0 Å². The van der Waals surface area contributed by atoms with Crippen molar-refractivity contribution in [2.75, 3.05) is 6.54 Å². The molecule has 1 aromatic carbocycles. The molecule has 2 aromatic rings. The minimum Gasteiger partial charge on any atom is -0.350 e. The third-order valence-electron chi connectivity index (χ3n) is 5.17. The Hall–Kier alpha value is -2.43. The molecule has 0 saturated carbocycles. The van der Waals surface area contributed by atoms with Crippen LogP contribution in [0.3, 0.4) is 0 Å². The van der Waals surface area contributed by atoms with E-state index >= 15 is 0 Å². The van der Waals surface area contributed by atoms with E-state index < -0.39 is 0 Å². The predicted octanol–water partition coefficient (Wildman–Crippen LogP) is 4.21. The number of hydrogen-bond donors (Lipinski definition) is 1. The lowest BCUT2D eigenvalue weighted by molar-refractivity contribution is 0.0948. The topological polar surface area (TPSA) is 64.0 Å². The number of hydrogen-bond acceptors (Lipinski definition) is 3. The average molecular weight is 367 g/mol. The van der Waals surface area contributed by atoms with Crippen LogP contribution in [0.5, 0.6) is 0 Å². The van der Waals surface area contributed by atoms with Crippen molar-refractivity contribution in [2.45, 2.75) is 64.8 Å². The highest BCUT2D eigenvalue weighted by Gasteiger charge is 2.16. The number of allylic oxidation sites excluding steroid dienone is 1. The zero-order valence-corrected chi connectivity index (χ0v) is 16.2. The van der Waals surface area contributed by atoms with E-state index in [0.29, 0.717) is 29.6 Å². The standard InChI is InChI=1S/C22H29N3O2/c1-2-3-9-16-25-22(27)19-13-8-7-12-18(19)20(24-25)21(26)23-15-14-17-10-5-4-6-11-17/h7-8,10,12-13H,2-6,9,11,14-16H2,1H3,(H,23,26). The molecule has 0 spiro atoms. The third kappa shape index (κ3) is 4.85. The van der Waals surface area contributed by atoms with E-state index in [4.69, 9.17) is 0 Å². The number of carbonyl (C=O) groups is 1. The molecule has 0 unspecified atom stereocenters. The third-order valence-corrected chi connectivity index (χ3v) is 5.17. The highest BCUT2D eigenvalue weighted by atomic mass is 16.2. The van der Waals surface area contributed by atoms with Crippen LogP contribution in [0.25, 0.3) is 10.8 Å². The molecule has 144 valence electrons. The van der Waals surface area contributed by atoms with Gasteiger partial charge in [0.1, 0.15) is 0 Å². The summed E-state index contributed by atoms with van der Waals surface area (Å²) in [5.74, 6) is -0.202. The Labute approximate surface area is 160 Å². The SMILES string of the molecule is CCCCCn1nc(C(=O)NCCC2=CCCCC2)c2ccccc2c1=O. The fraction of sp³-hybridized carbons (Fsp3) is 0.500. The molecule has 0 bridgehead atoms. The first-order valence-electron chi connectivity index (χ1n) is 10.2. The normalized spacial score (nSPS) is 14.2. The fourth-order valence-electron chi connectivity index (χ4n) is 3.62. The maximum atomic E-state index is 12.8. The quantitative estimate of drug-likeness (QED) is 0.561. The minimum absolute atomic E-state index is 0.120. The average Bonchev–Trinajstić information content (AvgIpc) is 2.70. The summed E-state index contributed by atoms with van der Waals surface area (Å²) in [6.07, 6.45) is 11.0. The number of nitrogens with one attached hydrogen (secondary N) is 1. The van der Waals surface area contributed by atoms with E-state index in [1.165, 1.54) is 23.1 Å². The molecule has 0 radical (unpaired) electrons. The first-order valence-corrected chi connectivity index (χ1v) is 10.2. The monoisotopic (exact) mass is 367 g/mol. The molecular weight excluding hydrogens is 338 g/mol. The number of benzene rings is 1. The molecule has 3 rings (SSSR count). The van der Waals surface area contributed by atoms with Gasteiger partial charge in [-0.2, -0.15) is 5.10 Å². The molecule has 0 aliphatic heterocycles. The lowest BCUT2D eigenvalue weighted by Gasteiger charge is -2.14. The second-order valence-electron chi connectivity index (χ2n) is 7.24. The van der Waals surface area contributed by atoms with Gasteiger partial charge in [0.05, 0.1) is 5.39 Å². The van der Waals surface area contributed by atoms with E-state index in [0.717, 1.165) is 38.5 Å². The number of nitrogens with zero attached hydrogens (tertiary/aromatic N) is 2. The van der Waals surface area contributed by atoms with Gasteiger partial charge in [0, 0.05) is 18.5 Å². The maximum Gasteiger partial charge on any atom is 0.274 e.